The number of cyclic esters (lactones) is 1. The minimum atomic E-state index is -0.628. The second-order valence-electron chi connectivity index (χ2n) is 6.45. The maximum atomic E-state index is 12.4. The summed E-state index contributed by atoms with van der Waals surface area (Å²) in [6, 6.07) is 7.58. The average molecular weight is 372 g/mol. The van der Waals surface area contributed by atoms with E-state index in [9.17, 15) is 9.59 Å². The van der Waals surface area contributed by atoms with Gasteiger partial charge in [-0.15, -0.1) is 0 Å². The highest BCUT2D eigenvalue weighted by Crippen LogP contribution is 2.36. The van der Waals surface area contributed by atoms with Crippen LogP contribution < -0.4 is 10.2 Å². The molecule has 1 aliphatic rings. The van der Waals surface area contributed by atoms with Crippen LogP contribution in [-0.2, 0) is 19.2 Å². The number of aromatic nitrogens is 1. The Morgan fingerprint density at radius 3 is 2.78 bits per heavy atom. The number of carbonyl (C=O) groups is 2. The van der Waals surface area contributed by atoms with E-state index >= 15 is 0 Å². The number of unbranched alkanes of at least 4 members (excludes halogenated alkanes) is 2. The van der Waals surface area contributed by atoms with Crippen molar-refractivity contribution < 1.29 is 23.9 Å². The van der Waals surface area contributed by atoms with E-state index in [1.807, 2.05) is 24.3 Å². The quantitative estimate of drug-likeness (QED) is 0.322. The number of methoxy groups -OCH3 is 1. The second-order valence-corrected chi connectivity index (χ2v) is 6.45. The first-order valence-corrected chi connectivity index (χ1v) is 9.04. The molecular weight excluding hydrogens is 348 g/mol. The van der Waals surface area contributed by atoms with E-state index < -0.39 is 18.0 Å². The predicted molar refractivity (Wildman–Crippen MR) is 101 cm³/mol. The fourth-order valence-electron chi connectivity index (χ4n) is 3.35. The zero-order valence-corrected chi connectivity index (χ0v) is 15.8. The Balaban J connectivity index is 2.05. The molecule has 2 N–H and O–H groups in total. The van der Waals surface area contributed by atoms with Crippen molar-refractivity contribution in [2.45, 2.75) is 38.7 Å². The Bertz CT molecular complexity index is 884. The molecule has 1 aromatic carbocycles. The molecule has 1 amide bonds. The molecule has 0 spiro atoms. The third-order valence-corrected chi connectivity index (χ3v) is 4.66. The summed E-state index contributed by atoms with van der Waals surface area (Å²) in [5.74, 6) is -0.510. The van der Waals surface area contributed by atoms with Gasteiger partial charge in [0.05, 0.1) is 14.2 Å². The van der Waals surface area contributed by atoms with Gasteiger partial charge in [-0.05, 0) is 31.0 Å². The first-order valence-electron chi connectivity index (χ1n) is 9.04. The summed E-state index contributed by atoms with van der Waals surface area (Å²) in [5, 5.41) is 0.955. The second kappa shape index (κ2) is 8.26. The summed E-state index contributed by atoms with van der Waals surface area (Å²) in [6.07, 6.45) is 3.20. The predicted octanol–water partition coefficient (Wildman–Crippen LogP) is 3.11. The number of hydroxylamine groups is 1. The molecule has 7 heteroatoms. The number of nitrogens with one attached hydrogen (secondary N) is 2. The Labute approximate surface area is 157 Å². The van der Waals surface area contributed by atoms with Gasteiger partial charge in [0.1, 0.15) is 17.4 Å². The number of carbonyl (C=O) groups excluding carboxylic acids is 2. The average Bonchev–Trinajstić information content (AvgIpc) is 3.21. The summed E-state index contributed by atoms with van der Waals surface area (Å²) in [7, 11) is 2.93. The molecule has 1 aromatic heterocycles. The Morgan fingerprint density at radius 2 is 2.07 bits per heavy atom. The highest BCUT2D eigenvalue weighted by Gasteiger charge is 2.39. The molecule has 1 aliphatic heterocycles. The van der Waals surface area contributed by atoms with E-state index in [1.165, 1.54) is 7.11 Å². The summed E-state index contributed by atoms with van der Waals surface area (Å²) >= 11 is 0. The zero-order chi connectivity index (χ0) is 19.4. The largest absolute Gasteiger partial charge is 0.497 e. The van der Waals surface area contributed by atoms with E-state index in [0.29, 0.717) is 17.7 Å². The molecule has 7 nitrogen and oxygen atoms in total. The number of hydrogen-bond donors (Lipinski definition) is 2. The fourth-order valence-corrected chi connectivity index (χ4v) is 3.35. The van der Waals surface area contributed by atoms with Crippen LogP contribution in [0.1, 0.15) is 38.3 Å². The molecule has 2 heterocycles. The maximum Gasteiger partial charge on any atom is 0.344 e. The minimum absolute atomic E-state index is 0.0168. The van der Waals surface area contributed by atoms with Gasteiger partial charge in [0.15, 0.2) is 0 Å². The van der Waals surface area contributed by atoms with Crippen LogP contribution in [-0.4, -0.2) is 37.2 Å². The van der Waals surface area contributed by atoms with Crippen molar-refractivity contribution in [3.63, 3.8) is 0 Å². The summed E-state index contributed by atoms with van der Waals surface area (Å²) in [5.41, 5.74) is 4.32. The van der Waals surface area contributed by atoms with E-state index in [1.54, 1.807) is 7.11 Å². The van der Waals surface area contributed by atoms with E-state index in [-0.39, 0.29) is 5.57 Å². The van der Waals surface area contributed by atoms with Crippen LogP contribution in [0.15, 0.2) is 29.8 Å². The van der Waals surface area contributed by atoms with Gasteiger partial charge >= 0.3 is 5.97 Å². The van der Waals surface area contributed by atoms with Gasteiger partial charge in [0, 0.05) is 28.2 Å². The molecule has 0 aliphatic carbocycles. The lowest BCUT2D eigenvalue weighted by Gasteiger charge is -2.13. The summed E-state index contributed by atoms with van der Waals surface area (Å²) < 4.78 is 10.8. The van der Waals surface area contributed by atoms with Gasteiger partial charge in [-0.2, -0.15) is 0 Å². The monoisotopic (exact) mass is 372 g/mol. The van der Waals surface area contributed by atoms with Crippen molar-refractivity contribution in [1.82, 2.24) is 10.5 Å². The number of hydrogen-bond acceptors (Lipinski definition) is 5. The van der Waals surface area contributed by atoms with E-state index in [2.05, 4.69) is 17.4 Å². The number of ether oxygens (including phenoxy) is 2. The Hall–Kier alpha value is -2.80. The van der Waals surface area contributed by atoms with Crippen molar-refractivity contribution in [2.75, 3.05) is 14.2 Å². The summed E-state index contributed by atoms with van der Waals surface area (Å²) in [4.78, 5) is 32.8. The van der Waals surface area contributed by atoms with Crippen LogP contribution in [0, 0.1) is 0 Å². The number of esters is 1. The van der Waals surface area contributed by atoms with Crippen molar-refractivity contribution >= 4 is 28.4 Å². The Morgan fingerprint density at radius 1 is 1.26 bits per heavy atom. The third-order valence-electron chi connectivity index (χ3n) is 4.66. The van der Waals surface area contributed by atoms with Crippen molar-refractivity contribution in [3.05, 3.63) is 35.5 Å². The fraction of sp³-hybridized carbons (Fsp3) is 0.400. The van der Waals surface area contributed by atoms with Crippen LogP contribution in [0.5, 0.6) is 5.75 Å². The van der Waals surface area contributed by atoms with Crippen LogP contribution in [0.3, 0.4) is 0 Å². The number of fused-ring (bicyclic) bond motifs is 1. The number of aromatic amines is 1. The molecule has 1 atom stereocenters. The maximum absolute atomic E-state index is 12.4. The molecule has 27 heavy (non-hydrogen) atoms. The van der Waals surface area contributed by atoms with Gasteiger partial charge in [0.25, 0.3) is 5.91 Å². The van der Waals surface area contributed by atoms with Crippen LogP contribution in [0.25, 0.3) is 16.5 Å². The minimum Gasteiger partial charge on any atom is -0.497 e. The molecule has 3 rings (SSSR count). The molecule has 0 fully saturated rings. The lowest BCUT2D eigenvalue weighted by atomic mass is 9.97. The lowest BCUT2D eigenvalue weighted by molar-refractivity contribution is -0.142. The van der Waals surface area contributed by atoms with E-state index in [4.69, 9.17) is 14.3 Å². The van der Waals surface area contributed by atoms with Gasteiger partial charge < -0.3 is 14.5 Å². The van der Waals surface area contributed by atoms with Crippen molar-refractivity contribution in [3.8, 4) is 5.75 Å². The number of rotatable bonds is 8. The molecule has 0 bridgehead atoms. The van der Waals surface area contributed by atoms with Crippen LogP contribution in [0.4, 0.5) is 0 Å². The van der Waals surface area contributed by atoms with E-state index in [0.717, 1.165) is 35.9 Å². The SMILES string of the molecule is CCCCCC1OC(=O)C(C(=O)NOC)=C1c1cc2ccc(OC)cc2[nH]1. The smallest absolute Gasteiger partial charge is 0.344 e. The molecule has 1 unspecified atom stereocenters. The van der Waals surface area contributed by atoms with Crippen molar-refractivity contribution in [1.29, 1.82) is 0 Å². The van der Waals surface area contributed by atoms with Crippen molar-refractivity contribution in [2.24, 2.45) is 0 Å². The third kappa shape index (κ3) is 3.83. The topological polar surface area (TPSA) is 89.7 Å². The molecule has 0 saturated carbocycles. The highest BCUT2D eigenvalue weighted by molar-refractivity contribution is 6.24. The highest BCUT2D eigenvalue weighted by atomic mass is 16.6. The first-order chi connectivity index (χ1) is 13.1. The normalized spacial score (nSPS) is 16.7. The van der Waals surface area contributed by atoms with Gasteiger partial charge in [-0.3, -0.25) is 9.63 Å². The lowest BCUT2D eigenvalue weighted by Crippen LogP contribution is -2.26. The molecule has 2 aromatic rings. The van der Waals surface area contributed by atoms with Gasteiger partial charge in [0.2, 0.25) is 0 Å². The summed E-state index contributed by atoms with van der Waals surface area (Å²) in [6.45, 7) is 2.11. The number of benzene rings is 1. The first kappa shape index (κ1) is 19.0. The number of H-pyrrole nitrogens is 1. The standard InChI is InChI=1S/C20H24N2O5/c1-4-5-6-7-16-17(18(20(24)27-16)19(23)22-26-3)15-10-12-8-9-13(25-2)11-14(12)21-15/h8-11,16,21H,4-7H2,1-3H3,(H,22,23). The molecule has 0 radical (unpaired) electrons. The van der Waals surface area contributed by atoms with Gasteiger partial charge in [-0.1, -0.05) is 19.8 Å². The molecule has 0 saturated heterocycles. The number of amides is 1. The van der Waals surface area contributed by atoms with Gasteiger partial charge in [-0.25, -0.2) is 10.3 Å². The molecule has 144 valence electrons. The Kier molecular flexibility index (Phi) is 5.81. The van der Waals surface area contributed by atoms with Crippen LogP contribution >= 0.6 is 0 Å². The van der Waals surface area contributed by atoms with Crippen LogP contribution in [0.2, 0.25) is 0 Å². The zero-order valence-electron chi connectivity index (χ0n) is 15.8. The molecular formula is C20H24N2O5.